The van der Waals surface area contributed by atoms with Gasteiger partial charge in [-0.1, -0.05) is 28.1 Å². The number of benzene rings is 1. The number of halogens is 1. The molecule has 1 aromatic carbocycles. The van der Waals surface area contributed by atoms with E-state index in [0.29, 0.717) is 11.4 Å². The maximum atomic E-state index is 12.6. The Labute approximate surface area is 136 Å². The number of nitrogens with one attached hydrogen (secondary N) is 1. The Morgan fingerprint density at radius 3 is 2.59 bits per heavy atom. The van der Waals surface area contributed by atoms with E-state index in [4.69, 9.17) is 4.74 Å². The fourth-order valence-corrected chi connectivity index (χ4v) is 3.87. The minimum Gasteiger partial charge on any atom is -0.495 e. The van der Waals surface area contributed by atoms with E-state index in [0.717, 1.165) is 10.9 Å². The van der Waals surface area contributed by atoms with Crippen molar-refractivity contribution in [2.75, 3.05) is 12.4 Å². The molecule has 2 bridgehead atoms. The lowest BCUT2D eigenvalue weighted by atomic mass is 9.82. The van der Waals surface area contributed by atoms with Crippen molar-refractivity contribution in [1.82, 2.24) is 0 Å². The van der Waals surface area contributed by atoms with Gasteiger partial charge in [0.05, 0.1) is 24.6 Å². The van der Waals surface area contributed by atoms with Crippen LogP contribution >= 0.6 is 15.9 Å². The van der Waals surface area contributed by atoms with Crippen molar-refractivity contribution in [3.05, 3.63) is 34.8 Å². The first-order valence-electron chi connectivity index (χ1n) is 7.07. The summed E-state index contributed by atoms with van der Waals surface area (Å²) < 4.78 is 6.05. The first kappa shape index (κ1) is 15.1. The summed E-state index contributed by atoms with van der Waals surface area (Å²) in [6.45, 7) is 0. The number of allylic oxidation sites excluding steroid dienone is 2. The molecule has 2 N–H and O–H groups in total. The smallest absolute Gasteiger partial charge is 0.307 e. The van der Waals surface area contributed by atoms with Crippen molar-refractivity contribution < 1.29 is 19.4 Å². The van der Waals surface area contributed by atoms with Crippen molar-refractivity contribution in [3.8, 4) is 5.75 Å². The van der Waals surface area contributed by atoms with Gasteiger partial charge in [0.2, 0.25) is 5.91 Å². The predicted octanol–water partition coefficient (Wildman–Crippen LogP) is 2.92. The third-order valence-corrected chi connectivity index (χ3v) is 4.96. The molecule has 0 spiro atoms. The highest BCUT2D eigenvalue weighted by Crippen LogP contribution is 2.48. The molecule has 4 atom stereocenters. The number of amides is 1. The summed E-state index contributed by atoms with van der Waals surface area (Å²) in [5, 5.41) is 12.2. The number of carboxylic acids is 1. The molecule has 5 nitrogen and oxygen atoms in total. The zero-order chi connectivity index (χ0) is 15.9. The lowest BCUT2D eigenvalue weighted by molar-refractivity contribution is -0.146. The van der Waals surface area contributed by atoms with Gasteiger partial charge in [-0.15, -0.1) is 0 Å². The molecule has 6 heteroatoms. The average Bonchev–Trinajstić information content (AvgIpc) is 3.08. The van der Waals surface area contributed by atoms with Crippen LogP contribution < -0.4 is 10.1 Å². The number of hydrogen-bond donors (Lipinski definition) is 2. The number of carbonyl (C=O) groups is 2. The highest BCUT2D eigenvalue weighted by Gasteiger charge is 2.51. The number of rotatable bonds is 4. The summed E-state index contributed by atoms with van der Waals surface area (Å²) in [4.78, 5) is 24.1. The molecule has 1 aromatic rings. The first-order valence-corrected chi connectivity index (χ1v) is 7.86. The van der Waals surface area contributed by atoms with E-state index in [1.165, 1.54) is 7.11 Å². The largest absolute Gasteiger partial charge is 0.495 e. The van der Waals surface area contributed by atoms with Crippen molar-refractivity contribution >= 4 is 33.5 Å². The van der Waals surface area contributed by atoms with Crippen LogP contribution in [0.25, 0.3) is 0 Å². The van der Waals surface area contributed by atoms with Crippen molar-refractivity contribution in [2.24, 2.45) is 23.7 Å². The van der Waals surface area contributed by atoms with Crippen LogP contribution in [0.2, 0.25) is 0 Å². The molecule has 116 valence electrons. The number of carbonyl (C=O) groups excluding carboxylic acids is 1. The summed E-state index contributed by atoms with van der Waals surface area (Å²) in [6, 6.07) is 5.31. The van der Waals surface area contributed by atoms with E-state index in [1.54, 1.807) is 12.1 Å². The molecular formula is C16H16BrNO4. The Kier molecular flexibility index (Phi) is 3.95. The molecule has 0 radical (unpaired) electrons. The number of carboxylic acid groups (broad SMARTS) is 1. The Bertz CT molecular complexity index is 658. The third-order valence-electron chi connectivity index (χ3n) is 4.47. The van der Waals surface area contributed by atoms with Gasteiger partial charge < -0.3 is 15.2 Å². The SMILES string of the molecule is COc1ccc(Br)cc1NC(=O)[C@@H]1[C@@H](C(=O)O)[C@H]2C=C[C@H]1C2. The molecule has 1 saturated carbocycles. The number of anilines is 1. The van der Waals surface area contributed by atoms with E-state index in [1.807, 2.05) is 18.2 Å². The van der Waals surface area contributed by atoms with Crippen LogP contribution in [0.15, 0.2) is 34.8 Å². The summed E-state index contributed by atoms with van der Waals surface area (Å²) in [7, 11) is 1.53. The second-order valence-corrected chi connectivity index (χ2v) is 6.59. The quantitative estimate of drug-likeness (QED) is 0.804. The van der Waals surface area contributed by atoms with E-state index in [2.05, 4.69) is 21.2 Å². The molecule has 1 amide bonds. The van der Waals surface area contributed by atoms with E-state index in [-0.39, 0.29) is 17.7 Å². The maximum absolute atomic E-state index is 12.6. The van der Waals surface area contributed by atoms with Gasteiger partial charge >= 0.3 is 5.97 Å². The Morgan fingerprint density at radius 1 is 1.27 bits per heavy atom. The fraction of sp³-hybridized carbons (Fsp3) is 0.375. The highest BCUT2D eigenvalue weighted by molar-refractivity contribution is 9.10. The lowest BCUT2D eigenvalue weighted by Gasteiger charge is -2.24. The van der Waals surface area contributed by atoms with Crippen LogP contribution in [-0.2, 0) is 9.59 Å². The second kappa shape index (κ2) is 5.76. The number of fused-ring (bicyclic) bond motifs is 2. The minimum absolute atomic E-state index is 0.00393. The van der Waals surface area contributed by atoms with Gasteiger partial charge in [-0.25, -0.2) is 0 Å². The molecule has 1 fully saturated rings. The van der Waals surface area contributed by atoms with Crippen molar-refractivity contribution in [3.63, 3.8) is 0 Å². The monoisotopic (exact) mass is 365 g/mol. The zero-order valence-corrected chi connectivity index (χ0v) is 13.5. The lowest BCUT2D eigenvalue weighted by Crippen LogP contribution is -2.36. The Hall–Kier alpha value is -1.82. The van der Waals surface area contributed by atoms with E-state index in [9.17, 15) is 14.7 Å². The molecule has 0 unspecified atom stereocenters. The molecule has 22 heavy (non-hydrogen) atoms. The molecule has 0 heterocycles. The molecule has 0 aromatic heterocycles. The van der Waals surface area contributed by atoms with Crippen molar-refractivity contribution in [2.45, 2.75) is 6.42 Å². The third kappa shape index (κ3) is 2.52. The molecule has 2 aliphatic rings. The molecule has 0 aliphatic heterocycles. The molecule has 2 aliphatic carbocycles. The van der Waals surface area contributed by atoms with Crippen LogP contribution in [-0.4, -0.2) is 24.1 Å². The van der Waals surface area contributed by atoms with Crippen LogP contribution in [0.4, 0.5) is 5.69 Å². The maximum Gasteiger partial charge on any atom is 0.307 e. The fourth-order valence-electron chi connectivity index (χ4n) is 3.51. The molecule has 0 saturated heterocycles. The normalized spacial score (nSPS) is 28.6. The van der Waals surface area contributed by atoms with Crippen molar-refractivity contribution in [1.29, 1.82) is 0 Å². The summed E-state index contributed by atoms with van der Waals surface area (Å²) >= 11 is 3.35. The zero-order valence-electron chi connectivity index (χ0n) is 12.0. The molecule has 3 rings (SSSR count). The minimum atomic E-state index is -0.904. The Morgan fingerprint density at radius 2 is 1.95 bits per heavy atom. The van der Waals surface area contributed by atoms with E-state index < -0.39 is 17.8 Å². The predicted molar refractivity (Wildman–Crippen MR) is 84.7 cm³/mol. The number of hydrogen-bond acceptors (Lipinski definition) is 3. The number of aliphatic carboxylic acids is 1. The van der Waals surface area contributed by atoms with Crippen LogP contribution in [0, 0.1) is 23.7 Å². The Balaban J connectivity index is 1.84. The van der Waals surface area contributed by atoms with E-state index >= 15 is 0 Å². The first-order chi connectivity index (χ1) is 10.5. The average molecular weight is 366 g/mol. The van der Waals surface area contributed by atoms with Gasteiger partial charge in [0, 0.05) is 4.47 Å². The van der Waals surface area contributed by atoms with Crippen LogP contribution in [0.3, 0.4) is 0 Å². The highest BCUT2D eigenvalue weighted by atomic mass is 79.9. The summed E-state index contributed by atoms with van der Waals surface area (Å²) in [5.74, 6) is -1.84. The number of ether oxygens (including phenoxy) is 1. The van der Waals surface area contributed by atoms with Gasteiger partial charge in [0.25, 0.3) is 0 Å². The number of methoxy groups -OCH3 is 1. The standard InChI is InChI=1S/C16H16BrNO4/c1-22-12-5-4-10(17)7-11(12)18-15(19)13-8-2-3-9(6-8)14(13)16(20)21/h2-5,7-9,13-14H,6H2,1H3,(H,18,19)(H,20,21)/t8-,9-,13-,14-/m0/s1. The van der Waals surface area contributed by atoms with Gasteiger partial charge in [0.1, 0.15) is 5.75 Å². The van der Waals surface area contributed by atoms with Crippen LogP contribution in [0.1, 0.15) is 6.42 Å². The second-order valence-electron chi connectivity index (χ2n) is 5.67. The van der Waals surface area contributed by atoms with Gasteiger partial charge in [-0.05, 0) is 36.5 Å². The summed E-state index contributed by atoms with van der Waals surface area (Å²) in [6.07, 6.45) is 4.63. The van der Waals surface area contributed by atoms with Crippen LogP contribution in [0.5, 0.6) is 5.75 Å². The topological polar surface area (TPSA) is 75.6 Å². The molecular weight excluding hydrogens is 350 g/mol. The van der Waals surface area contributed by atoms with Gasteiger partial charge in [0.15, 0.2) is 0 Å². The summed E-state index contributed by atoms with van der Waals surface area (Å²) in [5.41, 5.74) is 0.540. The van der Waals surface area contributed by atoms with Gasteiger partial charge in [-0.2, -0.15) is 0 Å². The van der Waals surface area contributed by atoms with Gasteiger partial charge in [-0.3, -0.25) is 9.59 Å².